The Labute approximate surface area is 122 Å². The van der Waals surface area contributed by atoms with Gasteiger partial charge in [0.2, 0.25) is 0 Å². The fraction of sp³-hybridized carbons (Fsp3) is 0.429. The van der Waals surface area contributed by atoms with Crippen molar-refractivity contribution in [3.8, 4) is 5.75 Å². The maximum atomic E-state index is 12.2. The molecule has 0 aliphatic rings. The molecule has 0 bridgehead atoms. The summed E-state index contributed by atoms with van der Waals surface area (Å²) in [6.07, 6.45) is 0. The van der Waals surface area contributed by atoms with Gasteiger partial charge in [-0.25, -0.2) is 4.79 Å². The van der Waals surface area contributed by atoms with Crippen LogP contribution in [-0.2, 0) is 4.79 Å². The predicted molar refractivity (Wildman–Crippen MR) is 76.3 cm³/mol. The highest BCUT2D eigenvalue weighted by Crippen LogP contribution is 2.25. The Morgan fingerprint density at radius 2 is 1.95 bits per heavy atom. The highest BCUT2D eigenvalue weighted by molar-refractivity contribution is 6.30. The molecule has 0 saturated heterocycles. The lowest BCUT2D eigenvalue weighted by Crippen LogP contribution is -2.49. The lowest BCUT2D eigenvalue weighted by atomic mass is 9.86. The number of aliphatic carboxylic acids is 1. The smallest absolute Gasteiger partial charge is 0.326 e. The Bertz CT molecular complexity index is 522. The van der Waals surface area contributed by atoms with Crippen molar-refractivity contribution in [2.75, 3.05) is 7.11 Å². The summed E-state index contributed by atoms with van der Waals surface area (Å²) in [5, 5.41) is 12.1. The molecule has 110 valence electrons. The number of nitrogens with one attached hydrogen (secondary N) is 1. The largest absolute Gasteiger partial charge is 0.496 e. The van der Waals surface area contributed by atoms with Crippen molar-refractivity contribution < 1.29 is 19.4 Å². The van der Waals surface area contributed by atoms with Crippen LogP contribution < -0.4 is 10.1 Å². The lowest BCUT2D eigenvalue weighted by Gasteiger charge is -2.28. The molecule has 1 amide bonds. The highest BCUT2D eigenvalue weighted by Gasteiger charge is 2.33. The van der Waals surface area contributed by atoms with Gasteiger partial charge in [-0.15, -0.1) is 0 Å². The summed E-state index contributed by atoms with van der Waals surface area (Å²) in [6.45, 7) is 5.22. The second-order valence-corrected chi connectivity index (χ2v) is 5.89. The van der Waals surface area contributed by atoms with Gasteiger partial charge in [0, 0.05) is 5.02 Å². The van der Waals surface area contributed by atoms with Crippen molar-refractivity contribution in [2.24, 2.45) is 5.41 Å². The molecule has 6 heteroatoms. The molecule has 2 N–H and O–H groups in total. The van der Waals surface area contributed by atoms with Gasteiger partial charge in [-0.3, -0.25) is 4.79 Å². The van der Waals surface area contributed by atoms with E-state index in [1.165, 1.54) is 19.2 Å². The molecule has 1 rings (SSSR count). The maximum absolute atomic E-state index is 12.2. The van der Waals surface area contributed by atoms with Crippen LogP contribution >= 0.6 is 11.6 Å². The topological polar surface area (TPSA) is 75.6 Å². The van der Waals surface area contributed by atoms with Crippen LogP contribution in [0.5, 0.6) is 5.75 Å². The second kappa shape index (κ2) is 6.13. The molecule has 0 fully saturated rings. The van der Waals surface area contributed by atoms with E-state index in [9.17, 15) is 14.7 Å². The molecular weight excluding hydrogens is 282 g/mol. The number of hydrogen-bond donors (Lipinski definition) is 2. The maximum Gasteiger partial charge on any atom is 0.326 e. The van der Waals surface area contributed by atoms with E-state index >= 15 is 0 Å². The number of rotatable bonds is 4. The predicted octanol–water partition coefficient (Wildman–Crippen LogP) is 2.58. The summed E-state index contributed by atoms with van der Waals surface area (Å²) >= 11 is 5.82. The van der Waals surface area contributed by atoms with Gasteiger partial charge in [0.05, 0.1) is 12.7 Å². The second-order valence-electron chi connectivity index (χ2n) is 5.46. The van der Waals surface area contributed by atoms with Gasteiger partial charge in [0.25, 0.3) is 5.91 Å². The van der Waals surface area contributed by atoms with Crippen molar-refractivity contribution >= 4 is 23.5 Å². The molecule has 0 unspecified atom stereocenters. The Balaban J connectivity index is 3.04. The summed E-state index contributed by atoms with van der Waals surface area (Å²) in [6, 6.07) is 3.54. The molecule has 0 heterocycles. The fourth-order valence-electron chi connectivity index (χ4n) is 1.71. The molecule has 1 aromatic carbocycles. The number of methoxy groups -OCH3 is 1. The standard InChI is InChI=1S/C14H18ClNO4/c1-14(2,3)11(13(18)19)16-12(17)9-6-5-8(15)7-10(9)20-4/h5-7,11H,1-4H3,(H,16,17)(H,18,19)/t11-/m1/s1. The highest BCUT2D eigenvalue weighted by atomic mass is 35.5. The van der Waals surface area contributed by atoms with Gasteiger partial charge in [0.1, 0.15) is 11.8 Å². The van der Waals surface area contributed by atoms with E-state index in [0.29, 0.717) is 10.8 Å². The molecule has 0 aliphatic carbocycles. The number of halogens is 1. The first kappa shape index (κ1) is 16.3. The molecule has 1 aromatic rings. The number of carboxylic acid groups (broad SMARTS) is 1. The number of amides is 1. The molecule has 1 atom stereocenters. The number of carbonyl (C=O) groups is 2. The number of benzene rings is 1. The van der Waals surface area contributed by atoms with E-state index in [-0.39, 0.29) is 5.56 Å². The normalized spacial score (nSPS) is 12.7. The molecule has 0 aliphatic heterocycles. The zero-order chi connectivity index (χ0) is 15.5. The van der Waals surface area contributed by atoms with Crippen LogP contribution in [0.1, 0.15) is 31.1 Å². The van der Waals surface area contributed by atoms with Crippen molar-refractivity contribution in [1.29, 1.82) is 0 Å². The van der Waals surface area contributed by atoms with Crippen LogP contribution in [-0.4, -0.2) is 30.1 Å². The summed E-state index contributed by atoms with van der Waals surface area (Å²) in [4.78, 5) is 23.5. The minimum absolute atomic E-state index is 0.243. The van der Waals surface area contributed by atoms with Crippen LogP contribution in [0.3, 0.4) is 0 Å². The minimum atomic E-state index is -1.08. The molecule has 0 radical (unpaired) electrons. The van der Waals surface area contributed by atoms with Crippen LogP contribution in [0.4, 0.5) is 0 Å². The van der Waals surface area contributed by atoms with Crippen molar-refractivity contribution in [2.45, 2.75) is 26.8 Å². The summed E-state index contributed by atoms with van der Waals surface area (Å²) in [7, 11) is 1.42. The van der Waals surface area contributed by atoms with Crippen LogP contribution in [0.2, 0.25) is 5.02 Å². The average Bonchev–Trinajstić information content (AvgIpc) is 2.33. The van der Waals surface area contributed by atoms with Gasteiger partial charge in [-0.2, -0.15) is 0 Å². The van der Waals surface area contributed by atoms with Crippen molar-refractivity contribution in [3.63, 3.8) is 0 Å². The van der Waals surface area contributed by atoms with Crippen LogP contribution in [0.25, 0.3) is 0 Å². The molecule has 20 heavy (non-hydrogen) atoms. The van der Waals surface area contributed by atoms with Gasteiger partial charge >= 0.3 is 5.97 Å². The van der Waals surface area contributed by atoms with E-state index in [1.54, 1.807) is 26.8 Å². The third-order valence-corrected chi connectivity index (χ3v) is 3.03. The summed E-state index contributed by atoms with van der Waals surface area (Å²) in [5.41, 5.74) is -0.367. The van der Waals surface area contributed by atoms with Crippen LogP contribution in [0.15, 0.2) is 18.2 Å². The lowest BCUT2D eigenvalue weighted by molar-refractivity contribution is -0.142. The van der Waals surface area contributed by atoms with Crippen molar-refractivity contribution in [3.05, 3.63) is 28.8 Å². The quantitative estimate of drug-likeness (QED) is 0.896. The molecule has 0 saturated carbocycles. The number of hydrogen-bond acceptors (Lipinski definition) is 3. The van der Waals surface area contributed by atoms with Gasteiger partial charge in [-0.05, 0) is 23.6 Å². The molecule has 5 nitrogen and oxygen atoms in total. The van der Waals surface area contributed by atoms with Crippen LogP contribution in [0, 0.1) is 5.41 Å². The van der Waals surface area contributed by atoms with E-state index in [4.69, 9.17) is 16.3 Å². The Morgan fingerprint density at radius 1 is 1.35 bits per heavy atom. The first-order chi connectivity index (χ1) is 9.16. The first-order valence-electron chi connectivity index (χ1n) is 6.04. The zero-order valence-corrected chi connectivity index (χ0v) is 12.6. The van der Waals surface area contributed by atoms with E-state index in [0.717, 1.165) is 0 Å². The number of carbonyl (C=O) groups excluding carboxylic acids is 1. The van der Waals surface area contributed by atoms with Gasteiger partial charge < -0.3 is 15.2 Å². The zero-order valence-electron chi connectivity index (χ0n) is 11.9. The summed E-state index contributed by atoms with van der Waals surface area (Å²) in [5.74, 6) is -1.30. The SMILES string of the molecule is COc1cc(Cl)ccc1C(=O)N[C@H](C(=O)O)C(C)(C)C. The molecule has 0 spiro atoms. The Hall–Kier alpha value is -1.75. The molecule has 0 aromatic heterocycles. The van der Waals surface area contributed by atoms with E-state index in [2.05, 4.69) is 5.32 Å². The minimum Gasteiger partial charge on any atom is -0.496 e. The average molecular weight is 300 g/mol. The third kappa shape index (κ3) is 3.87. The number of ether oxygens (including phenoxy) is 1. The van der Waals surface area contributed by atoms with E-state index in [1.807, 2.05) is 0 Å². The first-order valence-corrected chi connectivity index (χ1v) is 6.42. The Morgan fingerprint density at radius 3 is 2.40 bits per heavy atom. The number of carboxylic acids is 1. The third-order valence-electron chi connectivity index (χ3n) is 2.80. The summed E-state index contributed by atoms with van der Waals surface area (Å²) < 4.78 is 5.08. The monoisotopic (exact) mass is 299 g/mol. The fourth-order valence-corrected chi connectivity index (χ4v) is 1.87. The Kier molecular flexibility index (Phi) is 5.00. The molecular formula is C14H18ClNO4. The van der Waals surface area contributed by atoms with Gasteiger partial charge in [-0.1, -0.05) is 32.4 Å². The van der Waals surface area contributed by atoms with Gasteiger partial charge in [0.15, 0.2) is 0 Å². The van der Waals surface area contributed by atoms with Crippen molar-refractivity contribution in [1.82, 2.24) is 5.32 Å². The van der Waals surface area contributed by atoms with E-state index < -0.39 is 23.3 Å².